The average Bonchev–Trinajstić information content (AvgIpc) is 3.09. The summed E-state index contributed by atoms with van der Waals surface area (Å²) >= 11 is 0. The largest absolute Gasteiger partial charge is 0.490 e. The van der Waals surface area contributed by atoms with Crippen molar-refractivity contribution < 1.29 is 14.3 Å². The van der Waals surface area contributed by atoms with E-state index in [2.05, 4.69) is 10.6 Å². The topological polar surface area (TPSA) is 59.6 Å². The lowest BCUT2D eigenvalue weighted by Crippen LogP contribution is -2.45. The van der Waals surface area contributed by atoms with Crippen molar-refractivity contribution in [2.75, 3.05) is 13.2 Å². The molecule has 3 heterocycles. The minimum Gasteiger partial charge on any atom is -0.490 e. The second-order valence-electron chi connectivity index (χ2n) is 6.05. The molecule has 0 saturated carbocycles. The van der Waals surface area contributed by atoms with E-state index in [9.17, 15) is 4.79 Å². The lowest BCUT2D eigenvalue weighted by Gasteiger charge is -2.28. The molecule has 2 fully saturated rings. The summed E-state index contributed by atoms with van der Waals surface area (Å²) in [4.78, 5) is 12.4. The molecular weight excluding hydrogens is 256 g/mol. The molecule has 0 aromatic heterocycles. The number of nitrogens with one attached hydrogen (secondary N) is 2. The summed E-state index contributed by atoms with van der Waals surface area (Å²) in [6.07, 6.45) is 7.93. The van der Waals surface area contributed by atoms with E-state index in [0.717, 1.165) is 17.9 Å². The van der Waals surface area contributed by atoms with Gasteiger partial charge in [0, 0.05) is 24.5 Å². The number of amides is 1. The van der Waals surface area contributed by atoms with E-state index in [1.165, 1.54) is 12.8 Å². The van der Waals surface area contributed by atoms with E-state index in [1.807, 2.05) is 12.2 Å². The Morgan fingerprint density at radius 3 is 3.00 bits per heavy atom. The number of fused-ring (bicyclic) bond motifs is 2. The van der Waals surface area contributed by atoms with Crippen molar-refractivity contribution in [3.05, 3.63) is 23.7 Å². The fourth-order valence-electron chi connectivity index (χ4n) is 3.69. The molecule has 1 aliphatic carbocycles. The zero-order valence-corrected chi connectivity index (χ0v) is 11.4. The molecule has 4 atom stereocenters. The molecular formula is C15H20N2O3. The molecule has 0 spiro atoms. The summed E-state index contributed by atoms with van der Waals surface area (Å²) in [6, 6.07) is 1.38. The predicted molar refractivity (Wildman–Crippen MR) is 72.7 cm³/mol. The fourth-order valence-corrected chi connectivity index (χ4v) is 3.69. The smallest absolute Gasteiger partial charge is 0.227 e. The van der Waals surface area contributed by atoms with Crippen molar-refractivity contribution in [1.29, 1.82) is 0 Å². The maximum absolute atomic E-state index is 12.4. The normalized spacial score (nSPS) is 38.2. The molecule has 2 bridgehead atoms. The highest BCUT2D eigenvalue weighted by molar-refractivity contribution is 5.81. The fraction of sp³-hybridized carbons (Fsp3) is 0.667. The van der Waals surface area contributed by atoms with Gasteiger partial charge in [-0.05, 0) is 25.3 Å². The molecule has 20 heavy (non-hydrogen) atoms. The Bertz CT molecular complexity index is 486. The number of hydrogen-bond donors (Lipinski definition) is 2. The van der Waals surface area contributed by atoms with Crippen LogP contribution in [0.15, 0.2) is 23.7 Å². The van der Waals surface area contributed by atoms with Gasteiger partial charge < -0.3 is 20.1 Å². The van der Waals surface area contributed by atoms with Gasteiger partial charge in [-0.25, -0.2) is 0 Å². The Hall–Kier alpha value is -1.49. The van der Waals surface area contributed by atoms with Crippen molar-refractivity contribution in [3.63, 3.8) is 0 Å². The van der Waals surface area contributed by atoms with Crippen molar-refractivity contribution >= 4 is 5.91 Å². The molecule has 1 unspecified atom stereocenters. The standard InChI is InChI=1S/C15H20N2O3/c18-15(17-12-8-10-2-3-11(12)16-10)9-1-4-13-14(7-9)20-6-5-19-13/h1,4,9-12,16H,2-3,5-8H2,(H,17,18)/t9?,10-,11+,12-/m1/s1. The van der Waals surface area contributed by atoms with Crippen molar-refractivity contribution in [1.82, 2.24) is 10.6 Å². The zero-order chi connectivity index (χ0) is 13.5. The van der Waals surface area contributed by atoms with Gasteiger partial charge in [0.05, 0.1) is 5.92 Å². The van der Waals surface area contributed by atoms with Gasteiger partial charge in [-0.2, -0.15) is 0 Å². The van der Waals surface area contributed by atoms with Crippen LogP contribution in [0, 0.1) is 5.92 Å². The van der Waals surface area contributed by atoms with Crippen LogP contribution in [0.2, 0.25) is 0 Å². The first-order valence-corrected chi connectivity index (χ1v) is 7.53. The van der Waals surface area contributed by atoms with Gasteiger partial charge in [-0.1, -0.05) is 6.08 Å². The van der Waals surface area contributed by atoms with Crippen LogP contribution in [0.25, 0.3) is 0 Å². The third-order valence-corrected chi connectivity index (χ3v) is 4.74. The van der Waals surface area contributed by atoms with Gasteiger partial charge in [-0.15, -0.1) is 0 Å². The van der Waals surface area contributed by atoms with Crippen molar-refractivity contribution in [2.45, 2.75) is 43.8 Å². The third kappa shape index (κ3) is 2.10. The molecule has 0 aromatic rings. The van der Waals surface area contributed by atoms with Crippen LogP contribution in [0.1, 0.15) is 25.7 Å². The first kappa shape index (κ1) is 12.3. The Morgan fingerprint density at radius 1 is 1.30 bits per heavy atom. The molecule has 2 N–H and O–H groups in total. The van der Waals surface area contributed by atoms with Gasteiger partial charge in [-0.3, -0.25) is 4.79 Å². The molecule has 4 rings (SSSR count). The summed E-state index contributed by atoms with van der Waals surface area (Å²) in [5, 5.41) is 6.75. The first-order valence-electron chi connectivity index (χ1n) is 7.53. The number of rotatable bonds is 2. The number of ether oxygens (including phenoxy) is 2. The van der Waals surface area contributed by atoms with Gasteiger partial charge >= 0.3 is 0 Å². The second-order valence-corrected chi connectivity index (χ2v) is 6.05. The average molecular weight is 276 g/mol. The highest BCUT2D eigenvalue weighted by Gasteiger charge is 2.40. The number of hydrogen-bond acceptors (Lipinski definition) is 4. The molecule has 5 heteroatoms. The summed E-state index contributed by atoms with van der Waals surface area (Å²) < 4.78 is 11.1. The zero-order valence-electron chi connectivity index (χ0n) is 11.4. The summed E-state index contributed by atoms with van der Waals surface area (Å²) in [5.74, 6) is 1.60. The summed E-state index contributed by atoms with van der Waals surface area (Å²) in [6.45, 7) is 1.17. The minimum absolute atomic E-state index is 0.112. The van der Waals surface area contributed by atoms with Crippen molar-refractivity contribution in [3.8, 4) is 0 Å². The van der Waals surface area contributed by atoms with Crippen LogP contribution >= 0.6 is 0 Å². The Labute approximate surface area is 118 Å². The SMILES string of the molecule is O=C(N[C@@H]1C[C@H]2CC[C@@H]1N2)C1C=CC2=C(C1)OCCO2. The van der Waals surface area contributed by atoms with E-state index in [1.54, 1.807) is 0 Å². The summed E-state index contributed by atoms with van der Waals surface area (Å²) in [5.41, 5.74) is 0. The maximum atomic E-state index is 12.4. The van der Waals surface area contributed by atoms with Gasteiger partial charge in [0.15, 0.2) is 5.76 Å². The van der Waals surface area contributed by atoms with E-state index in [0.29, 0.717) is 37.8 Å². The monoisotopic (exact) mass is 276 g/mol. The minimum atomic E-state index is -0.130. The van der Waals surface area contributed by atoms with Crippen LogP contribution in [0.5, 0.6) is 0 Å². The Balaban J connectivity index is 1.38. The number of allylic oxidation sites excluding steroid dienone is 2. The van der Waals surface area contributed by atoms with Crippen LogP contribution in [-0.2, 0) is 14.3 Å². The molecule has 3 aliphatic heterocycles. The molecule has 2 saturated heterocycles. The van der Waals surface area contributed by atoms with Crippen molar-refractivity contribution in [2.24, 2.45) is 5.92 Å². The quantitative estimate of drug-likeness (QED) is 0.784. The highest BCUT2D eigenvalue weighted by atomic mass is 16.6. The van der Waals surface area contributed by atoms with E-state index in [4.69, 9.17) is 9.47 Å². The lowest BCUT2D eigenvalue weighted by atomic mass is 9.93. The molecule has 0 radical (unpaired) electrons. The molecule has 4 aliphatic rings. The van der Waals surface area contributed by atoms with Gasteiger partial charge in [0.2, 0.25) is 5.91 Å². The van der Waals surface area contributed by atoms with Gasteiger partial charge in [0.1, 0.15) is 19.0 Å². The lowest BCUT2D eigenvalue weighted by molar-refractivity contribution is -0.124. The molecule has 5 nitrogen and oxygen atoms in total. The molecule has 108 valence electrons. The Kier molecular flexibility index (Phi) is 2.95. The van der Waals surface area contributed by atoms with Crippen LogP contribution in [0.4, 0.5) is 0 Å². The number of carbonyl (C=O) groups is 1. The molecule has 0 aromatic carbocycles. The van der Waals surface area contributed by atoms with Crippen LogP contribution in [0.3, 0.4) is 0 Å². The van der Waals surface area contributed by atoms with E-state index >= 15 is 0 Å². The first-order chi connectivity index (χ1) is 9.79. The van der Waals surface area contributed by atoms with Gasteiger partial charge in [0.25, 0.3) is 0 Å². The predicted octanol–water partition coefficient (Wildman–Crippen LogP) is 0.830. The van der Waals surface area contributed by atoms with E-state index < -0.39 is 0 Å². The third-order valence-electron chi connectivity index (χ3n) is 4.74. The highest BCUT2D eigenvalue weighted by Crippen LogP contribution is 2.30. The van der Waals surface area contributed by atoms with E-state index in [-0.39, 0.29) is 11.8 Å². The van der Waals surface area contributed by atoms with Crippen LogP contribution in [-0.4, -0.2) is 37.2 Å². The van der Waals surface area contributed by atoms with Crippen LogP contribution < -0.4 is 10.6 Å². The summed E-state index contributed by atoms with van der Waals surface area (Å²) in [7, 11) is 0. The maximum Gasteiger partial charge on any atom is 0.227 e. The molecule has 1 amide bonds. The Morgan fingerprint density at radius 2 is 2.20 bits per heavy atom. The second kappa shape index (κ2) is 4.81. The number of carbonyl (C=O) groups excluding carboxylic acids is 1.